The van der Waals surface area contributed by atoms with E-state index in [-0.39, 0.29) is 0 Å². The van der Waals surface area contributed by atoms with Crippen molar-refractivity contribution >= 4 is 5.78 Å². The lowest BCUT2D eigenvalue weighted by molar-refractivity contribution is -0.137. The summed E-state index contributed by atoms with van der Waals surface area (Å²) >= 11 is 0. The quantitative estimate of drug-likeness (QED) is 0.608. The first-order chi connectivity index (χ1) is 9.53. The van der Waals surface area contributed by atoms with Gasteiger partial charge in [-0.25, -0.2) is 0 Å². The Bertz CT molecular complexity index is 427. The van der Waals surface area contributed by atoms with Gasteiger partial charge < -0.3 is 0 Å². The number of rotatable bonds is 0. The molecule has 1 nitrogen and oxygen atoms in total. The molecule has 112 valence electrons. The molecule has 4 saturated carbocycles. The van der Waals surface area contributed by atoms with Crippen molar-refractivity contribution in [2.45, 2.75) is 78.1 Å². The molecule has 4 aliphatic carbocycles. The van der Waals surface area contributed by atoms with Gasteiger partial charge in [0.15, 0.2) is 0 Å². The van der Waals surface area contributed by atoms with Gasteiger partial charge >= 0.3 is 0 Å². The zero-order valence-electron chi connectivity index (χ0n) is 13.3. The third-order valence-electron chi connectivity index (χ3n) is 8.26. The van der Waals surface area contributed by atoms with Crippen LogP contribution < -0.4 is 0 Å². The summed E-state index contributed by atoms with van der Waals surface area (Å²) in [7, 11) is 0. The van der Waals surface area contributed by atoms with E-state index in [0.29, 0.717) is 16.6 Å². The predicted octanol–water partition coefficient (Wildman–Crippen LogP) is 4.99. The molecule has 1 heteroatoms. The molecule has 0 aliphatic heterocycles. The van der Waals surface area contributed by atoms with Gasteiger partial charge in [-0.1, -0.05) is 20.3 Å². The van der Waals surface area contributed by atoms with E-state index in [1.54, 1.807) is 0 Å². The number of Topliss-reactive ketones (excluding diaryl/α,β-unsaturated/α-hetero) is 1. The Morgan fingerprint density at radius 3 is 2.65 bits per heavy atom. The van der Waals surface area contributed by atoms with Crippen molar-refractivity contribution in [3.8, 4) is 0 Å². The van der Waals surface area contributed by atoms with Gasteiger partial charge in [-0.3, -0.25) is 4.79 Å². The first-order valence-corrected chi connectivity index (χ1v) is 9.05. The number of carbonyl (C=O) groups is 1. The van der Waals surface area contributed by atoms with E-state index in [1.165, 1.54) is 51.4 Å². The van der Waals surface area contributed by atoms with Gasteiger partial charge in [-0.2, -0.15) is 0 Å². The Balaban J connectivity index is 1.64. The smallest absolute Gasteiger partial charge is 0.133 e. The largest absolute Gasteiger partial charge is 0.300 e. The monoisotopic (exact) mass is 274 g/mol. The SMILES string of the molecule is C[C@@]12CCCC1[C@@H]1CCC3CC(=O)CC[C@]3(C)C1CC2. The van der Waals surface area contributed by atoms with Gasteiger partial charge in [-0.05, 0) is 79.4 Å². The average Bonchev–Trinajstić information content (AvgIpc) is 2.81. The van der Waals surface area contributed by atoms with Crippen LogP contribution in [0.2, 0.25) is 0 Å². The lowest BCUT2D eigenvalue weighted by Gasteiger charge is -2.59. The summed E-state index contributed by atoms with van der Waals surface area (Å²) in [5.74, 6) is 4.20. The second kappa shape index (κ2) is 4.34. The predicted molar refractivity (Wildman–Crippen MR) is 81.4 cm³/mol. The zero-order chi connectivity index (χ0) is 14.0. The normalized spacial score (nSPS) is 55.0. The minimum absolute atomic E-state index is 0.501. The van der Waals surface area contributed by atoms with Gasteiger partial charge in [0.1, 0.15) is 5.78 Å². The molecule has 0 bridgehead atoms. The van der Waals surface area contributed by atoms with E-state index in [9.17, 15) is 4.79 Å². The van der Waals surface area contributed by atoms with Gasteiger partial charge in [0.05, 0.1) is 0 Å². The van der Waals surface area contributed by atoms with E-state index in [0.717, 1.165) is 36.5 Å². The van der Waals surface area contributed by atoms with Crippen LogP contribution in [0.1, 0.15) is 78.1 Å². The molecule has 3 unspecified atom stereocenters. The number of carbonyl (C=O) groups excluding carboxylic acids is 1. The Morgan fingerprint density at radius 2 is 1.80 bits per heavy atom. The van der Waals surface area contributed by atoms with E-state index >= 15 is 0 Å². The van der Waals surface area contributed by atoms with Crippen LogP contribution in [0.5, 0.6) is 0 Å². The van der Waals surface area contributed by atoms with Crippen LogP contribution in [0.3, 0.4) is 0 Å². The van der Waals surface area contributed by atoms with E-state index < -0.39 is 0 Å². The molecule has 20 heavy (non-hydrogen) atoms. The summed E-state index contributed by atoms with van der Waals surface area (Å²) in [5.41, 5.74) is 1.18. The van der Waals surface area contributed by atoms with Crippen molar-refractivity contribution in [3.05, 3.63) is 0 Å². The fourth-order valence-electron chi connectivity index (χ4n) is 7.04. The highest BCUT2D eigenvalue weighted by Gasteiger charge is 2.57. The molecule has 4 fully saturated rings. The molecule has 0 aromatic heterocycles. The Labute approximate surface area is 123 Å². The van der Waals surface area contributed by atoms with E-state index in [1.807, 2.05) is 0 Å². The van der Waals surface area contributed by atoms with Crippen molar-refractivity contribution in [2.75, 3.05) is 0 Å². The lowest BCUT2D eigenvalue weighted by atomic mass is 9.45. The first-order valence-electron chi connectivity index (χ1n) is 9.05. The van der Waals surface area contributed by atoms with E-state index in [4.69, 9.17) is 0 Å². The minimum Gasteiger partial charge on any atom is -0.300 e. The van der Waals surface area contributed by atoms with Crippen LogP contribution >= 0.6 is 0 Å². The van der Waals surface area contributed by atoms with Crippen molar-refractivity contribution in [1.82, 2.24) is 0 Å². The number of ketones is 1. The second-order valence-corrected chi connectivity index (χ2v) is 8.98. The molecule has 0 N–H and O–H groups in total. The van der Waals surface area contributed by atoms with Crippen LogP contribution in [0.4, 0.5) is 0 Å². The highest BCUT2D eigenvalue weighted by Crippen LogP contribution is 2.65. The van der Waals surface area contributed by atoms with Crippen molar-refractivity contribution in [1.29, 1.82) is 0 Å². The molecule has 0 heterocycles. The highest BCUT2D eigenvalue weighted by molar-refractivity contribution is 5.79. The summed E-state index contributed by atoms with van der Waals surface area (Å²) < 4.78 is 0. The standard InChI is InChI=1S/C19H30O/c1-18-9-3-4-16(18)15-6-5-13-12-14(20)7-11-19(13,2)17(15)8-10-18/h13,15-17H,3-12H2,1-2H3/t13?,15-,16?,17?,18-,19-/m0/s1. The fourth-order valence-corrected chi connectivity index (χ4v) is 7.04. The number of hydrogen-bond donors (Lipinski definition) is 0. The summed E-state index contributed by atoms with van der Waals surface area (Å²) in [6, 6.07) is 0. The second-order valence-electron chi connectivity index (χ2n) is 8.98. The first kappa shape index (κ1) is 13.3. The molecule has 6 atom stereocenters. The van der Waals surface area contributed by atoms with Crippen LogP contribution in [0, 0.1) is 34.5 Å². The molecule has 0 aromatic rings. The minimum atomic E-state index is 0.501. The number of fused-ring (bicyclic) bond motifs is 5. The topological polar surface area (TPSA) is 17.1 Å². The number of hydrogen-bond acceptors (Lipinski definition) is 1. The zero-order valence-corrected chi connectivity index (χ0v) is 13.3. The van der Waals surface area contributed by atoms with Crippen LogP contribution in [-0.2, 0) is 4.79 Å². The maximum absolute atomic E-state index is 11.9. The molecule has 0 radical (unpaired) electrons. The Hall–Kier alpha value is -0.330. The Morgan fingerprint density at radius 1 is 0.950 bits per heavy atom. The third-order valence-corrected chi connectivity index (χ3v) is 8.26. The van der Waals surface area contributed by atoms with Gasteiger partial charge in [-0.15, -0.1) is 0 Å². The highest BCUT2D eigenvalue weighted by atomic mass is 16.1. The summed E-state index contributed by atoms with van der Waals surface area (Å²) in [6.45, 7) is 5.14. The molecule has 0 saturated heterocycles. The summed E-state index contributed by atoms with van der Waals surface area (Å²) in [4.78, 5) is 11.9. The van der Waals surface area contributed by atoms with Crippen molar-refractivity contribution < 1.29 is 4.79 Å². The van der Waals surface area contributed by atoms with Crippen LogP contribution in [-0.4, -0.2) is 5.78 Å². The molecule has 0 spiro atoms. The summed E-state index contributed by atoms with van der Waals surface area (Å²) in [6.07, 6.45) is 13.1. The third kappa shape index (κ3) is 1.70. The van der Waals surface area contributed by atoms with Crippen LogP contribution in [0.25, 0.3) is 0 Å². The molecular formula is C19H30O. The van der Waals surface area contributed by atoms with Gasteiger partial charge in [0, 0.05) is 12.8 Å². The van der Waals surface area contributed by atoms with Crippen molar-refractivity contribution in [3.63, 3.8) is 0 Å². The molecule has 0 aromatic carbocycles. The molecule has 0 amide bonds. The molecule has 4 rings (SSSR count). The maximum Gasteiger partial charge on any atom is 0.133 e. The summed E-state index contributed by atoms with van der Waals surface area (Å²) in [5, 5.41) is 0. The Kier molecular flexibility index (Phi) is 2.89. The average molecular weight is 274 g/mol. The van der Waals surface area contributed by atoms with Crippen molar-refractivity contribution in [2.24, 2.45) is 34.5 Å². The molecule has 4 aliphatic rings. The van der Waals surface area contributed by atoms with Crippen LogP contribution in [0.15, 0.2) is 0 Å². The van der Waals surface area contributed by atoms with E-state index in [2.05, 4.69) is 13.8 Å². The lowest BCUT2D eigenvalue weighted by Crippen LogP contribution is -2.52. The molecular weight excluding hydrogens is 244 g/mol. The fraction of sp³-hybridized carbons (Fsp3) is 0.947. The van der Waals surface area contributed by atoms with Gasteiger partial charge in [0.2, 0.25) is 0 Å². The van der Waals surface area contributed by atoms with Gasteiger partial charge in [0.25, 0.3) is 0 Å². The maximum atomic E-state index is 11.9.